The van der Waals surface area contributed by atoms with Crippen molar-refractivity contribution in [3.8, 4) is 0 Å². The predicted molar refractivity (Wildman–Crippen MR) is 67.8 cm³/mol. The summed E-state index contributed by atoms with van der Waals surface area (Å²) in [6, 6.07) is 8.81. The van der Waals surface area contributed by atoms with E-state index in [-0.39, 0.29) is 12.4 Å². The second-order valence-corrected chi connectivity index (χ2v) is 4.43. The molecule has 84 valence electrons. The van der Waals surface area contributed by atoms with Crippen LogP contribution in [0.15, 0.2) is 24.3 Å². The fraction of sp³-hybridized carbons (Fsp3) is 0.500. The van der Waals surface area contributed by atoms with Crippen molar-refractivity contribution in [1.29, 1.82) is 0 Å². The van der Waals surface area contributed by atoms with Gasteiger partial charge in [-0.15, -0.1) is 12.4 Å². The lowest BCUT2D eigenvalue weighted by Gasteiger charge is -2.11. The van der Waals surface area contributed by atoms with Gasteiger partial charge in [0.1, 0.15) is 0 Å². The molecule has 15 heavy (non-hydrogen) atoms. The van der Waals surface area contributed by atoms with E-state index in [2.05, 4.69) is 11.4 Å². The third-order valence-corrected chi connectivity index (χ3v) is 3.07. The van der Waals surface area contributed by atoms with E-state index in [9.17, 15) is 0 Å². The van der Waals surface area contributed by atoms with Gasteiger partial charge in [-0.2, -0.15) is 0 Å². The lowest BCUT2D eigenvalue weighted by molar-refractivity contribution is 0.524. The van der Waals surface area contributed by atoms with E-state index in [0.29, 0.717) is 0 Å². The van der Waals surface area contributed by atoms with E-state index >= 15 is 0 Å². The van der Waals surface area contributed by atoms with Crippen LogP contribution < -0.4 is 5.32 Å². The Kier molecular flexibility index (Phi) is 5.44. The largest absolute Gasteiger partial charge is 0.310 e. The summed E-state index contributed by atoms with van der Waals surface area (Å²) >= 11 is 5.91. The summed E-state index contributed by atoms with van der Waals surface area (Å²) in [6.45, 7) is 0.950. The van der Waals surface area contributed by atoms with Crippen LogP contribution in [0.2, 0.25) is 5.02 Å². The van der Waals surface area contributed by atoms with Gasteiger partial charge < -0.3 is 5.32 Å². The van der Waals surface area contributed by atoms with Crippen molar-refractivity contribution in [3.63, 3.8) is 0 Å². The molecule has 3 heteroatoms. The van der Waals surface area contributed by atoms with Crippen molar-refractivity contribution in [2.24, 2.45) is 0 Å². The first-order chi connectivity index (χ1) is 6.84. The number of nitrogens with one attached hydrogen (secondary N) is 1. The molecule has 2 rings (SSSR count). The zero-order valence-corrected chi connectivity index (χ0v) is 10.3. The molecule has 0 unspecified atom stereocenters. The van der Waals surface area contributed by atoms with Crippen molar-refractivity contribution in [1.82, 2.24) is 5.32 Å². The molecule has 0 amide bonds. The van der Waals surface area contributed by atoms with Gasteiger partial charge in [0.25, 0.3) is 0 Å². The Morgan fingerprint density at radius 3 is 2.67 bits per heavy atom. The SMILES string of the molecule is Cl.Clc1cccc(CNC2CCCC2)c1. The fourth-order valence-corrected chi connectivity index (χ4v) is 2.25. The Bertz CT molecular complexity index is 295. The van der Waals surface area contributed by atoms with Crippen LogP contribution >= 0.6 is 24.0 Å². The van der Waals surface area contributed by atoms with Gasteiger partial charge in [0.05, 0.1) is 0 Å². The van der Waals surface area contributed by atoms with Gasteiger partial charge in [0.2, 0.25) is 0 Å². The topological polar surface area (TPSA) is 12.0 Å². The number of hydrogen-bond acceptors (Lipinski definition) is 1. The van der Waals surface area contributed by atoms with E-state index in [0.717, 1.165) is 17.6 Å². The number of benzene rings is 1. The van der Waals surface area contributed by atoms with Gasteiger partial charge in [-0.05, 0) is 30.5 Å². The van der Waals surface area contributed by atoms with E-state index in [1.54, 1.807) is 0 Å². The summed E-state index contributed by atoms with van der Waals surface area (Å²) in [5.41, 5.74) is 1.28. The first-order valence-electron chi connectivity index (χ1n) is 5.32. The molecular formula is C12H17Cl2N. The predicted octanol–water partition coefficient (Wildman–Crippen LogP) is 3.79. The molecule has 0 atom stereocenters. The highest BCUT2D eigenvalue weighted by Crippen LogP contribution is 2.18. The van der Waals surface area contributed by atoms with Crippen LogP contribution in [-0.4, -0.2) is 6.04 Å². The third-order valence-electron chi connectivity index (χ3n) is 2.84. The lowest BCUT2D eigenvalue weighted by Crippen LogP contribution is -2.25. The number of halogens is 2. The first kappa shape index (κ1) is 12.8. The smallest absolute Gasteiger partial charge is 0.0409 e. The minimum atomic E-state index is 0. The molecule has 1 aliphatic carbocycles. The Hall–Kier alpha value is -0.240. The molecule has 0 spiro atoms. The van der Waals surface area contributed by atoms with E-state index in [1.807, 2.05) is 18.2 Å². The second kappa shape index (κ2) is 6.37. The summed E-state index contributed by atoms with van der Waals surface area (Å²) < 4.78 is 0. The van der Waals surface area contributed by atoms with E-state index < -0.39 is 0 Å². The highest BCUT2D eigenvalue weighted by molar-refractivity contribution is 6.30. The standard InChI is InChI=1S/C12H16ClN.ClH/c13-11-5-3-4-10(8-11)9-14-12-6-1-2-7-12;/h3-5,8,12,14H,1-2,6-7,9H2;1H. The van der Waals surface area contributed by atoms with Gasteiger partial charge >= 0.3 is 0 Å². The molecule has 1 aliphatic rings. The molecule has 1 nitrogen and oxygen atoms in total. The third kappa shape index (κ3) is 4.02. The van der Waals surface area contributed by atoms with Gasteiger partial charge in [0.15, 0.2) is 0 Å². The maximum atomic E-state index is 5.91. The molecule has 0 bridgehead atoms. The molecule has 0 saturated heterocycles. The highest BCUT2D eigenvalue weighted by atomic mass is 35.5. The van der Waals surface area contributed by atoms with Gasteiger partial charge in [-0.1, -0.05) is 36.6 Å². The van der Waals surface area contributed by atoms with Crippen LogP contribution in [-0.2, 0) is 6.54 Å². The lowest BCUT2D eigenvalue weighted by atomic mass is 10.2. The van der Waals surface area contributed by atoms with Crippen molar-refractivity contribution in [2.75, 3.05) is 0 Å². The summed E-state index contributed by atoms with van der Waals surface area (Å²) in [6.07, 6.45) is 5.43. The summed E-state index contributed by atoms with van der Waals surface area (Å²) in [4.78, 5) is 0. The molecule has 1 aromatic carbocycles. The highest BCUT2D eigenvalue weighted by Gasteiger charge is 2.13. The van der Waals surface area contributed by atoms with Gasteiger partial charge in [0, 0.05) is 17.6 Å². The maximum absolute atomic E-state index is 5.91. The monoisotopic (exact) mass is 245 g/mol. The van der Waals surface area contributed by atoms with Gasteiger partial charge in [-0.25, -0.2) is 0 Å². The molecule has 1 fully saturated rings. The van der Waals surface area contributed by atoms with Crippen LogP contribution in [0.3, 0.4) is 0 Å². The van der Waals surface area contributed by atoms with E-state index in [1.165, 1.54) is 31.2 Å². The Morgan fingerprint density at radius 1 is 1.27 bits per heavy atom. The number of hydrogen-bond donors (Lipinski definition) is 1. The molecule has 1 saturated carbocycles. The summed E-state index contributed by atoms with van der Waals surface area (Å²) in [5, 5.41) is 4.40. The minimum Gasteiger partial charge on any atom is -0.310 e. The first-order valence-corrected chi connectivity index (χ1v) is 5.70. The second-order valence-electron chi connectivity index (χ2n) is 3.99. The molecule has 1 aromatic rings. The zero-order valence-electron chi connectivity index (χ0n) is 8.71. The van der Waals surface area contributed by atoms with Crippen molar-refractivity contribution in [2.45, 2.75) is 38.3 Å². The molecular weight excluding hydrogens is 229 g/mol. The number of rotatable bonds is 3. The average molecular weight is 246 g/mol. The van der Waals surface area contributed by atoms with Gasteiger partial charge in [-0.3, -0.25) is 0 Å². The maximum Gasteiger partial charge on any atom is 0.0409 e. The summed E-state index contributed by atoms with van der Waals surface area (Å²) in [5.74, 6) is 0. The molecule has 0 heterocycles. The Labute approximate surface area is 103 Å². The summed E-state index contributed by atoms with van der Waals surface area (Å²) in [7, 11) is 0. The van der Waals surface area contributed by atoms with Crippen LogP contribution in [0.5, 0.6) is 0 Å². The zero-order chi connectivity index (χ0) is 9.80. The quantitative estimate of drug-likeness (QED) is 0.855. The molecule has 0 radical (unpaired) electrons. The van der Waals surface area contributed by atoms with Crippen LogP contribution in [0.25, 0.3) is 0 Å². The van der Waals surface area contributed by atoms with Crippen molar-refractivity contribution >= 4 is 24.0 Å². The molecule has 0 aromatic heterocycles. The average Bonchev–Trinajstić information content (AvgIpc) is 2.67. The minimum absolute atomic E-state index is 0. The Balaban J connectivity index is 0.00000112. The fourth-order valence-electron chi connectivity index (χ4n) is 2.04. The normalized spacial score (nSPS) is 16.3. The molecule has 1 N–H and O–H groups in total. The molecule has 0 aliphatic heterocycles. The van der Waals surface area contributed by atoms with Crippen LogP contribution in [0.4, 0.5) is 0 Å². The van der Waals surface area contributed by atoms with Crippen LogP contribution in [0.1, 0.15) is 31.2 Å². The van der Waals surface area contributed by atoms with E-state index in [4.69, 9.17) is 11.6 Å². The van der Waals surface area contributed by atoms with Crippen molar-refractivity contribution < 1.29 is 0 Å². The Morgan fingerprint density at radius 2 is 2.00 bits per heavy atom. The van der Waals surface area contributed by atoms with Crippen molar-refractivity contribution in [3.05, 3.63) is 34.9 Å². The van der Waals surface area contributed by atoms with Crippen LogP contribution in [0, 0.1) is 0 Å².